The van der Waals surface area contributed by atoms with Crippen LogP contribution >= 0.6 is 15.9 Å². The number of aryl methyl sites for hydroxylation is 2. The van der Waals surface area contributed by atoms with Gasteiger partial charge in [-0.15, -0.1) is 0 Å². The van der Waals surface area contributed by atoms with Gasteiger partial charge in [-0.25, -0.2) is 0 Å². The summed E-state index contributed by atoms with van der Waals surface area (Å²) in [5.41, 5.74) is 4.27. The highest BCUT2D eigenvalue weighted by atomic mass is 79.9. The maximum Gasteiger partial charge on any atom is 0.156 e. The van der Waals surface area contributed by atoms with Crippen molar-refractivity contribution in [2.45, 2.75) is 27.7 Å². The Hall–Kier alpha value is -0.890. The molecule has 0 aliphatic carbocycles. The number of allylic oxidation sites excluding steroid dienone is 1. The largest absolute Gasteiger partial charge is 0.295 e. The molecular weight excluding hydrogens is 252 g/mol. The monoisotopic (exact) mass is 266 g/mol. The Morgan fingerprint density at radius 2 is 1.60 bits per heavy atom. The molecular formula is C13H15BrO. The summed E-state index contributed by atoms with van der Waals surface area (Å²) >= 11 is 3.51. The van der Waals surface area contributed by atoms with Gasteiger partial charge in [0.15, 0.2) is 5.78 Å². The topological polar surface area (TPSA) is 17.1 Å². The maximum absolute atomic E-state index is 11.3. The molecule has 0 saturated carbocycles. The van der Waals surface area contributed by atoms with Crippen LogP contribution in [0.4, 0.5) is 0 Å². The standard InChI is InChI=1S/C13H15BrO/c1-8-6-5-7-9(2)12(8)13(14)10(3)11(4)15/h5-7H,1-4H3. The third-order valence-electron chi connectivity index (χ3n) is 2.56. The van der Waals surface area contributed by atoms with Crippen molar-refractivity contribution in [3.63, 3.8) is 0 Å². The summed E-state index contributed by atoms with van der Waals surface area (Å²) in [6.07, 6.45) is 0. The van der Waals surface area contributed by atoms with Crippen molar-refractivity contribution < 1.29 is 4.79 Å². The lowest BCUT2D eigenvalue weighted by molar-refractivity contribution is -0.113. The normalized spacial score (nSPS) is 12.3. The van der Waals surface area contributed by atoms with E-state index >= 15 is 0 Å². The highest BCUT2D eigenvalue weighted by Gasteiger charge is 2.10. The molecule has 0 amide bonds. The van der Waals surface area contributed by atoms with Gasteiger partial charge in [-0.3, -0.25) is 4.79 Å². The minimum atomic E-state index is 0.101. The van der Waals surface area contributed by atoms with Gasteiger partial charge in [0.05, 0.1) is 0 Å². The van der Waals surface area contributed by atoms with Gasteiger partial charge in [0, 0.05) is 10.1 Å². The van der Waals surface area contributed by atoms with E-state index in [-0.39, 0.29) is 5.78 Å². The molecule has 1 rings (SSSR count). The van der Waals surface area contributed by atoms with Crippen molar-refractivity contribution in [3.05, 3.63) is 40.5 Å². The Morgan fingerprint density at radius 3 is 2.00 bits per heavy atom. The van der Waals surface area contributed by atoms with E-state index in [1.165, 1.54) is 11.1 Å². The number of hydrogen-bond acceptors (Lipinski definition) is 1. The van der Waals surface area contributed by atoms with Crippen LogP contribution in [0.5, 0.6) is 0 Å². The van der Waals surface area contributed by atoms with Crippen LogP contribution in [-0.2, 0) is 4.79 Å². The first-order valence-electron chi connectivity index (χ1n) is 4.89. The number of rotatable bonds is 2. The van der Waals surface area contributed by atoms with Crippen molar-refractivity contribution in [1.82, 2.24) is 0 Å². The molecule has 0 radical (unpaired) electrons. The van der Waals surface area contributed by atoms with Gasteiger partial charge in [-0.1, -0.05) is 18.2 Å². The summed E-state index contributed by atoms with van der Waals surface area (Å²) in [6.45, 7) is 7.54. The van der Waals surface area contributed by atoms with Crippen molar-refractivity contribution in [2.24, 2.45) is 0 Å². The Balaban J connectivity index is 3.40. The van der Waals surface area contributed by atoms with Crippen molar-refractivity contribution >= 4 is 26.2 Å². The fourth-order valence-corrected chi connectivity index (χ4v) is 2.41. The van der Waals surface area contributed by atoms with Crippen molar-refractivity contribution in [1.29, 1.82) is 0 Å². The van der Waals surface area contributed by atoms with Gasteiger partial charge in [0.25, 0.3) is 0 Å². The number of ketones is 1. The fraction of sp³-hybridized carbons (Fsp3) is 0.308. The number of Topliss-reactive ketones (excluding diaryl/α,β-unsaturated/α-hetero) is 1. The first kappa shape index (κ1) is 12.2. The molecule has 80 valence electrons. The first-order chi connectivity index (χ1) is 6.95. The molecule has 0 N–H and O–H groups in total. The van der Waals surface area contributed by atoms with Crippen LogP contribution in [0.15, 0.2) is 23.8 Å². The molecule has 0 bridgehead atoms. The van der Waals surface area contributed by atoms with E-state index in [0.717, 1.165) is 15.6 Å². The number of carbonyl (C=O) groups is 1. The molecule has 0 saturated heterocycles. The van der Waals surface area contributed by atoms with E-state index in [2.05, 4.69) is 41.9 Å². The molecule has 15 heavy (non-hydrogen) atoms. The zero-order valence-corrected chi connectivity index (χ0v) is 11.1. The molecule has 0 aliphatic heterocycles. The minimum absolute atomic E-state index is 0.101. The minimum Gasteiger partial charge on any atom is -0.295 e. The summed E-state index contributed by atoms with van der Waals surface area (Å²) in [5, 5.41) is 0. The molecule has 0 spiro atoms. The molecule has 0 fully saturated rings. The SMILES string of the molecule is CC(=O)C(C)=C(Br)c1c(C)cccc1C. The number of benzene rings is 1. The molecule has 0 heterocycles. The maximum atomic E-state index is 11.3. The average molecular weight is 267 g/mol. The van der Waals surface area contributed by atoms with Gasteiger partial charge < -0.3 is 0 Å². The van der Waals surface area contributed by atoms with Crippen LogP contribution in [-0.4, -0.2) is 5.78 Å². The lowest BCUT2D eigenvalue weighted by Crippen LogP contribution is -1.97. The number of hydrogen-bond donors (Lipinski definition) is 0. The van der Waals surface area contributed by atoms with Crippen LogP contribution in [0.1, 0.15) is 30.5 Å². The molecule has 0 atom stereocenters. The number of carbonyl (C=O) groups excluding carboxylic acids is 1. The third-order valence-corrected chi connectivity index (χ3v) is 3.55. The van der Waals surface area contributed by atoms with Gasteiger partial charge in [-0.05, 0) is 60.3 Å². The van der Waals surface area contributed by atoms with Gasteiger partial charge in [0.2, 0.25) is 0 Å². The van der Waals surface area contributed by atoms with Gasteiger partial charge in [0.1, 0.15) is 0 Å². The molecule has 1 aromatic carbocycles. The zero-order valence-electron chi connectivity index (χ0n) is 9.52. The van der Waals surface area contributed by atoms with E-state index in [1.807, 2.05) is 13.0 Å². The van der Waals surface area contributed by atoms with Crippen LogP contribution in [0.3, 0.4) is 0 Å². The van der Waals surface area contributed by atoms with E-state index < -0.39 is 0 Å². The molecule has 1 nitrogen and oxygen atoms in total. The highest BCUT2D eigenvalue weighted by molar-refractivity contribution is 9.15. The van der Waals surface area contributed by atoms with Crippen molar-refractivity contribution in [3.8, 4) is 0 Å². The Kier molecular flexibility index (Phi) is 3.86. The second kappa shape index (κ2) is 4.75. The molecule has 1 aromatic rings. The zero-order chi connectivity index (χ0) is 11.6. The summed E-state index contributed by atoms with van der Waals surface area (Å²) in [5.74, 6) is 0.101. The fourth-order valence-electron chi connectivity index (χ4n) is 1.50. The summed E-state index contributed by atoms with van der Waals surface area (Å²) in [6, 6.07) is 6.13. The van der Waals surface area contributed by atoms with E-state index in [1.54, 1.807) is 6.92 Å². The van der Waals surface area contributed by atoms with E-state index in [0.29, 0.717) is 0 Å². The average Bonchev–Trinajstić information content (AvgIpc) is 2.15. The molecule has 2 heteroatoms. The van der Waals surface area contributed by atoms with Crippen LogP contribution in [0.2, 0.25) is 0 Å². The Bertz CT molecular complexity index is 410. The lowest BCUT2D eigenvalue weighted by Gasteiger charge is -2.10. The summed E-state index contributed by atoms with van der Waals surface area (Å²) in [7, 11) is 0. The smallest absolute Gasteiger partial charge is 0.156 e. The summed E-state index contributed by atoms with van der Waals surface area (Å²) in [4.78, 5) is 11.3. The predicted octanol–water partition coefficient (Wildman–Crippen LogP) is 4.02. The third kappa shape index (κ3) is 2.57. The summed E-state index contributed by atoms with van der Waals surface area (Å²) < 4.78 is 0.908. The predicted molar refractivity (Wildman–Crippen MR) is 68.1 cm³/mol. The van der Waals surface area contributed by atoms with Crippen LogP contribution in [0, 0.1) is 13.8 Å². The molecule has 0 aliphatic rings. The number of halogens is 1. The first-order valence-corrected chi connectivity index (χ1v) is 5.68. The molecule has 0 aromatic heterocycles. The van der Waals surface area contributed by atoms with E-state index in [9.17, 15) is 4.79 Å². The van der Waals surface area contributed by atoms with Gasteiger partial charge >= 0.3 is 0 Å². The highest BCUT2D eigenvalue weighted by Crippen LogP contribution is 2.30. The Morgan fingerprint density at radius 1 is 1.13 bits per heavy atom. The Labute approximate surface area is 99.3 Å². The van der Waals surface area contributed by atoms with Crippen molar-refractivity contribution in [2.75, 3.05) is 0 Å². The van der Waals surface area contributed by atoms with Crippen LogP contribution < -0.4 is 0 Å². The molecule has 0 unspecified atom stereocenters. The van der Waals surface area contributed by atoms with Crippen LogP contribution in [0.25, 0.3) is 4.48 Å². The lowest BCUT2D eigenvalue weighted by atomic mass is 10.00. The second-order valence-electron chi connectivity index (χ2n) is 3.76. The van der Waals surface area contributed by atoms with Gasteiger partial charge in [-0.2, -0.15) is 0 Å². The van der Waals surface area contributed by atoms with E-state index in [4.69, 9.17) is 0 Å². The second-order valence-corrected chi connectivity index (χ2v) is 4.55. The quantitative estimate of drug-likeness (QED) is 0.740.